The van der Waals surface area contributed by atoms with Crippen molar-refractivity contribution in [2.45, 2.75) is 20.0 Å². The van der Waals surface area contributed by atoms with Crippen molar-refractivity contribution in [3.05, 3.63) is 34.4 Å². The number of pyridine rings is 2. The molecule has 0 fully saturated rings. The van der Waals surface area contributed by atoms with Crippen LogP contribution in [-0.2, 0) is 4.74 Å². The molecule has 6 heteroatoms. The zero-order chi connectivity index (χ0) is 13.3. The van der Waals surface area contributed by atoms with Crippen LogP contribution in [0.1, 0.15) is 24.3 Å². The number of hydrogen-bond donors (Lipinski definition) is 2. The van der Waals surface area contributed by atoms with Crippen LogP contribution in [0.15, 0.2) is 23.1 Å². The quantitative estimate of drug-likeness (QED) is 0.779. The number of hydrogen-bond acceptors (Lipinski definition) is 5. The number of nitrogens with one attached hydrogen (secondary N) is 1. The Morgan fingerprint density at radius 1 is 1.50 bits per heavy atom. The van der Waals surface area contributed by atoms with Crippen molar-refractivity contribution in [2.75, 3.05) is 0 Å². The Morgan fingerprint density at radius 2 is 2.22 bits per heavy atom. The van der Waals surface area contributed by atoms with Crippen molar-refractivity contribution >= 4 is 16.9 Å². The Bertz CT molecular complexity index is 661. The predicted molar refractivity (Wildman–Crippen MR) is 64.6 cm³/mol. The Labute approximate surface area is 102 Å². The third-order valence-corrected chi connectivity index (χ3v) is 2.30. The molecule has 0 aliphatic carbocycles. The monoisotopic (exact) mass is 248 g/mol. The number of carbonyl (C=O) groups is 1. The first kappa shape index (κ1) is 12.1. The molecule has 2 aromatic heterocycles. The summed E-state index contributed by atoms with van der Waals surface area (Å²) in [5, 5.41) is 10.1. The van der Waals surface area contributed by atoms with Gasteiger partial charge in [0, 0.05) is 6.20 Å². The van der Waals surface area contributed by atoms with E-state index < -0.39 is 11.5 Å². The van der Waals surface area contributed by atoms with Crippen molar-refractivity contribution in [3.63, 3.8) is 0 Å². The number of fused-ring (bicyclic) bond motifs is 1. The average molecular weight is 248 g/mol. The van der Waals surface area contributed by atoms with Gasteiger partial charge in [-0.1, -0.05) is 0 Å². The number of rotatable bonds is 2. The molecule has 0 radical (unpaired) electrons. The summed E-state index contributed by atoms with van der Waals surface area (Å²) in [6.07, 6.45) is 1.08. The Balaban J connectivity index is 2.63. The minimum absolute atomic E-state index is 0.0805. The molecule has 0 atom stereocenters. The van der Waals surface area contributed by atoms with E-state index in [0.29, 0.717) is 0 Å². The molecule has 2 aromatic rings. The van der Waals surface area contributed by atoms with Gasteiger partial charge in [0.2, 0.25) is 0 Å². The van der Waals surface area contributed by atoms with E-state index in [2.05, 4.69) is 9.97 Å². The molecule has 94 valence electrons. The van der Waals surface area contributed by atoms with Crippen LogP contribution in [0, 0.1) is 0 Å². The highest BCUT2D eigenvalue weighted by molar-refractivity contribution is 5.97. The lowest BCUT2D eigenvalue weighted by Crippen LogP contribution is -2.18. The van der Waals surface area contributed by atoms with Crippen LogP contribution in [0.25, 0.3) is 10.9 Å². The molecule has 18 heavy (non-hydrogen) atoms. The maximum atomic E-state index is 11.7. The molecule has 0 amide bonds. The van der Waals surface area contributed by atoms with E-state index >= 15 is 0 Å². The molecular formula is C12H12N2O4. The van der Waals surface area contributed by atoms with Gasteiger partial charge in [-0.15, -0.1) is 0 Å². The fourth-order valence-corrected chi connectivity index (χ4v) is 1.56. The maximum Gasteiger partial charge on any atom is 0.359 e. The van der Waals surface area contributed by atoms with Crippen LogP contribution < -0.4 is 5.56 Å². The fourth-order valence-electron chi connectivity index (χ4n) is 1.56. The van der Waals surface area contributed by atoms with Gasteiger partial charge in [-0.05, 0) is 26.0 Å². The lowest BCUT2D eigenvalue weighted by Gasteiger charge is -2.09. The maximum absolute atomic E-state index is 11.7. The highest BCUT2D eigenvalue weighted by Crippen LogP contribution is 2.23. The Kier molecular flexibility index (Phi) is 3.01. The third-order valence-electron chi connectivity index (χ3n) is 2.30. The van der Waals surface area contributed by atoms with E-state index in [9.17, 15) is 14.7 Å². The van der Waals surface area contributed by atoms with E-state index in [-0.39, 0.29) is 28.5 Å². The van der Waals surface area contributed by atoms with Crippen LogP contribution >= 0.6 is 0 Å². The molecule has 0 saturated heterocycles. The second-order valence-corrected chi connectivity index (χ2v) is 4.03. The van der Waals surface area contributed by atoms with Gasteiger partial charge in [0.1, 0.15) is 5.52 Å². The van der Waals surface area contributed by atoms with Crippen molar-refractivity contribution in [2.24, 2.45) is 0 Å². The third kappa shape index (κ3) is 2.04. The van der Waals surface area contributed by atoms with Crippen molar-refractivity contribution in [3.8, 4) is 5.75 Å². The highest BCUT2D eigenvalue weighted by Gasteiger charge is 2.19. The zero-order valence-electron chi connectivity index (χ0n) is 9.93. The molecule has 0 unspecified atom stereocenters. The molecule has 0 aromatic carbocycles. The lowest BCUT2D eigenvalue weighted by atomic mass is 10.2. The lowest BCUT2D eigenvalue weighted by molar-refractivity contribution is 0.0367. The molecule has 0 spiro atoms. The largest absolute Gasteiger partial charge is 0.504 e. The number of carbonyl (C=O) groups excluding carboxylic acids is 1. The van der Waals surface area contributed by atoms with Crippen LogP contribution in [-0.4, -0.2) is 27.1 Å². The van der Waals surface area contributed by atoms with Gasteiger partial charge < -0.3 is 14.8 Å². The topological polar surface area (TPSA) is 92.3 Å². The summed E-state index contributed by atoms with van der Waals surface area (Å²) in [6.45, 7) is 3.35. The van der Waals surface area contributed by atoms with Gasteiger partial charge in [-0.2, -0.15) is 0 Å². The predicted octanol–water partition coefficient (Wildman–Crippen LogP) is 1.19. The van der Waals surface area contributed by atoms with Gasteiger partial charge >= 0.3 is 5.97 Å². The molecule has 2 N–H and O–H groups in total. The summed E-state index contributed by atoms with van der Waals surface area (Å²) < 4.78 is 4.92. The van der Waals surface area contributed by atoms with Crippen LogP contribution in [0.5, 0.6) is 5.75 Å². The molecule has 6 nitrogen and oxygen atoms in total. The summed E-state index contributed by atoms with van der Waals surface area (Å²) in [6, 6.07) is 3.08. The van der Waals surface area contributed by atoms with Gasteiger partial charge in [-0.25, -0.2) is 4.79 Å². The van der Waals surface area contributed by atoms with Crippen LogP contribution in [0.3, 0.4) is 0 Å². The van der Waals surface area contributed by atoms with Crippen molar-refractivity contribution in [1.82, 2.24) is 9.97 Å². The van der Waals surface area contributed by atoms with E-state index in [1.54, 1.807) is 19.9 Å². The minimum atomic E-state index is -0.785. The molecule has 0 aliphatic rings. The molecule has 2 rings (SSSR count). The summed E-state index contributed by atoms with van der Waals surface area (Å²) in [5.41, 5.74) is -0.691. The molecule has 0 aliphatic heterocycles. The second kappa shape index (κ2) is 4.48. The van der Waals surface area contributed by atoms with Gasteiger partial charge in [0.25, 0.3) is 5.56 Å². The highest BCUT2D eigenvalue weighted by atomic mass is 16.5. The number of nitrogens with zero attached hydrogens (tertiary/aromatic N) is 1. The number of aromatic hydroxyl groups is 1. The summed E-state index contributed by atoms with van der Waals surface area (Å²) in [7, 11) is 0. The first-order valence-corrected chi connectivity index (χ1v) is 5.41. The average Bonchev–Trinajstić information content (AvgIpc) is 2.33. The van der Waals surface area contributed by atoms with Gasteiger partial charge in [0.15, 0.2) is 11.4 Å². The van der Waals surface area contributed by atoms with Crippen LogP contribution in [0.4, 0.5) is 0 Å². The molecular weight excluding hydrogens is 236 g/mol. The number of aromatic amines is 1. The number of aromatic nitrogens is 2. The van der Waals surface area contributed by atoms with E-state index in [1.165, 1.54) is 12.3 Å². The van der Waals surface area contributed by atoms with E-state index in [1.807, 2.05) is 0 Å². The Morgan fingerprint density at radius 3 is 2.89 bits per heavy atom. The molecule has 2 heterocycles. The van der Waals surface area contributed by atoms with Crippen molar-refractivity contribution < 1.29 is 14.6 Å². The van der Waals surface area contributed by atoms with Gasteiger partial charge in [0.05, 0.1) is 11.5 Å². The molecule has 0 bridgehead atoms. The van der Waals surface area contributed by atoms with Gasteiger partial charge in [-0.3, -0.25) is 9.78 Å². The first-order valence-electron chi connectivity index (χ1n) is 5.41. The second-order valence-electron chi connectivity index (χ2n) is 4.03. The molecule has 0 saturated carbocycles. The number of H-pyrrole nitrogens is 1. The summed E-state index contributed by atoms with van der Waals surface area (Å²) in [4.78, 5) is 29.6. The first-order chi connectivity index (χ1) is 8.50. The van der Waals surface area contributed by atoms with Crippen LogP contribution in [0.2, 0.25) is 0 Å². The Hall–Kier alpha value is -2.37. The number of esters is 1. The summed E-state index contributed by atoms with van der Waals surface area (Å²) >= 11 is 0. The fraction of sp³-hybridized carbons (Fsp3) is 0.250. The SMILES string of the molecule is CC(C)OC(=O)c1[nH]c(=O)c2cccnc2c1O. The standard InChI is InChI=1S/C12H12N2O4/c1-6(2)18-12(17)9-10(15)8-7(11(16)14-9)4-3-5-13-8/h3-6,15H,1-2H3,(H,14,16). The smallest absolute Gasteiger partial charge is 0.359 e. The zero-order valence-corrected chi connectivity index (χ0v) is 9.93. The normalized spacial score (nSPS) is 10.8. The minimum Gasteiger partial charge on any atom is -0.504 e. The van der Waals surface area contributed by atoms with E-state index in [4.69, 9.17) is 4.74 Å². The van der Waals surface area contributed by atoms with Crippen molar-refractivity contribution in [1.29, 1.82) is 0 Å². The summed E-state index contributed by atoms with van der Waals surface area (Å²) in [5.74, 6) is -1.16. The number of ether oxygens (including phenoxy) is 1. The van der Waals surface area contributed by atoms with E-state index in [0.717, 1.165) is 0 Å².